The number of aliphatic hydroxyl groups excluding tert-OH is 1. The number of pyridine rings is 2. The average molecular weight is 451 g/mol. The van der Waals surface area contributed by atoms with Gasteiger partial charge in [0.25, 0.3) is 0 Å². The zero-order valence-corrected chi connectivity index (χ0v) is 20.4. The molecule has 3 heterocycles. The molecule has 4 aromatic rings. The molecule has 0 radical (unpaired) electrons. The molecule has 0 saturated heterocycles. The predicted molar refractivity (Wildman–Crippen MR) is 136 cm³/mol. The van der Waals surface area contributed by atoms with E-state index in [9.17, 15) is 5.11 Å². The van der Waals surface area contributed by atoms with Gasteiger partial charge in [0.15, 0.2) is 0 Å². The summed E-state index contributed by atoms with van der Waals surface area (Å²) in [6.07, 6.45) is 0. The summed E-state index contributed by atoms with van der Waals surface area (Å²) in [5.74, 6) is 0.792. The summed E-state index contributed by atoms with van der Waals surface area (Å²) >= 11 is 0. The SMILES string of the molecule is COc1cc2nc(c1)C(C)(C)c1cccc(c1)-c1cc(CO)cc(n1)C(C)(C)c1cccc-2c1. The van der Waals surface area contributed by atoms with Crippen LogP contribution >= 0.6 is 0 Å². The normalized spacial score (nSPS) is 15.4. The third-order valence-electron chi connectivity index (χ3n) is 7.14. The molecule has 5 rings (SSSR count). The van der Waals surface area contributed by atoms with Crippen LogP contribution in [0.1, 0.15) is 55.8 Å². The fourth-order valence-corrected chi connectivity index (χ4v) is 4.67. The van der Waals surface area contributed by atoms with E-state index >= 15 is 0 Å². The van der Waals surface area contributed by atoms with Crippen molar-refractivity contribution in [2.24, 2.45) is 0 Å². The number of ether oxygens (including phenoxy) is 1. The average Bonchev–Trinajstić information content (AvgIpc) is 2.87. The number of fused-ring (bicyclic) bond motifs is 10. The van der Waals surface area contributed by atoms with Crippen LogP contribution in [0.3, 0.4) is 0 Å². The molecule has 0 saturated carbocycles. The standard InChI is InChI=1S/C30H30N2O2/c1-29(2)22-10-7-9-21(15-22)26-16-24(34-5)17-28(32-26)30(3,4)23-11-6-8-20(14-23)25-12-19(18-33)13-27(29)31-25/h6-17,33H,18H2,1-5H3. The van der Waals surface area contributed by atoms with Gasteiger partial charge in [-0.1, -0.05) is 64.1 Å². The number of benzene rings is 2. The fraction of sp³-hybridized carbons (Fsp3) is 0.267. The Labute approximate surface area is 201 Å². The Morgan fingerprint density at radius 2 is 1.24 bits per heavy atom. The van der Waals surface area contributed by atoms with Crippen molar-refractivity contribution >= 4 is 0 Å². The Morgan fingerprint density at radius 3 is 1.76 bits per heavy atom. The van der Waals surface area contributed by atoms with Crippen molar-refractivity contribution in [3.05, 3.63) is 101 Å². The summed E-state index contributed by atoms with van der Waals surface area (Å²) in [4.78, 5) is 10.2. The number of rotatable bonds is 2. The highest BCUT2D eigenvalue weighted by Crippen LogP contribution is 2.39. The second-order valence-electron chi connectivity index (χ2n) is 10.1. The number of nitrogens with zero attached hydrogens (tertiary/aromatic N) is 2. The van der Waals surface area contributed by atoms with Gasteiger partial charge in [0.05, 0.1) is 36.5 Å². The molecular formula is C30H30N2O2. The second-order valence-corrected chi connectivity index (χ2v) is 10.1. The maximum atomic E-state index is 10.0. The first kappa shape index (κ1) is 22.3. The van der Waals surface area contributed by atoms with Crippen LogP contribution in [0.5, 0.6) is 5.75 Å². The van der Waals surface area contributed by atoms with Crippen LogP contribution in [0.4, 0.5) is 0 Å². The second kappa shape index (κ2) is 8.07. The highest BCUT2D eigenvalue weighted by Gasteiger charge is 2.29. The Kier molecular flexibility index (Phi) is 5.29. The van der Waals surface area contributed by atoms with E-state index in [4.69, 9.17) is 14.7 Å². The molecule has 8 bridgehead atoms. The Balaban J connectivity index is 1.88. The topological polar surface area (TPSA) is 55.2 Å². The number of hydrogen-bond acceptors (Lipinski definition) is 4. The highest BCUT2D eigenvalue weighted by atomic mass is 16.5. The molecule has 1 aliphatic heterocycles. The molecule has 2 aromatic heterocycles. The molecule has 0 aliphatic carbocycles. The molecule has 0 unspecified atom stereocenters. The van der Waals surface area contributed by atoms with Gasteiger partial charge in [-0.05, 0) is 41.0 Å². The van der Waals surface area contributed by atoms with E-state index in [1.165, 1.54) is 0 Å². The molecule has 1 aliphatic rings. The molecule has 0 fully saturated rings. The predicted octanol–water partition coefficient (Wildman–Crippen LogP) is 6.28. The minimum absolute atomic E-state index is 0.0297. The van der Waals surface area contributed by atoms with Crippen molar-refractivity contribution < 1.29 is 9.84 Å². The Bertz CT molecular complexity index is 1280. The van der Waals surface area contributed by atoms with Crippen molar-refractivity contribution in [1.29, 1.82) is 0 Å². The van der Waals surface area contributed by atoms with Gasteiger partial charge in [-0.15, -0.1) is 0 Å². The number of hydrogen-bond donors (Lipinski definition) is 1. The Hall–Kier alpha value is -3.50. The number of aliphatic hydroxyl groups is 1. The van der Waals surface area contributed by atoms with Crippen LogP contribution in [-0.2, 0) is 17.4 Å². The van der Waals surface area contributed by atoms with Crippen LogP contribution in [0.15, 0.2) is 72.8 Å². The Morgan fingerprint density at radius 1 is 0.706 bits per heavy atom. The van der Waals surface area contributed by atoms with Crippen molar-refractivity contribution in [1.82, 2.24) is 9.97 Å². The lowest BCUT2D eigenvalue weighted by Gasteiger charge is -2.29. The lowest BCUT2D eigenvalue weighted by molar-refractivity contribution is 0.281. The lowest BCUT2D eigenvalue weighted by atomic mass is 9.78. The van der Waals surface area contributed by atoms with Gasteiger partial charge in [-0.2, -0.15) is 0 Å². The molecule has 2 aromatic carbocycles. The van der Waals surface area contributed by atoms with Gasteiger partial charge in [0.2, 0.25) is 0 Å². The van der Waals surface area contributed by atoms with Gasteiger partial charge in [-0.25, -0.2) is 0 Å². The molecule has 0 atom stereocenters. The minimum atomic E-state index is -0.376. The molecule has 4 nitrogen and oxygen atoms in total. The first-order chi connectivity index (χ1) is 16.2. The van der Waals surface area contributed by atoms with E-state index in [1.807, 2.05) is 24.3 Å². The molecule has 4 heteroatoms. The van der Waals surface area contributed by atoms with E-state index in [1.54, 1.807) is 7.11 Å². The smallest absolute Gasteiger partial charge is 0.122 e. The molecule has 1 N–H and O–H groups in total. The van der Waals surface area contributed by atoms with E-state index in [0.29, 0.717) is 0 Å². The quantitative estimate of drug-likeness (QED) is 0.391. The summed E-state index contributed by atoms with van der Waals surface area (Å²) in [6, 6.07) is 25.0. The largest absolute Gasteiger partial charge is 0.497 e. The highest BCUT2D eigenvalue weighted by molar-refractivity contribution is 5.66. The van der Waals surface area contributed by atoms with Crippen LogP contribution in [0.25, 0.3) is 22.5 Å². The van der Waals surface area contributed by atoms with E-state index in [0.717, 1.165) is 56.3 Å². The third kappa shape index (κ3) is 3.68. The molecule has 0 amide bonds. The molecule has 0 spiro atoms. The molecular weight excluding hydrogens is 420 g/mol. The summed E-state index contributed by atoms with van der Waals surface area (Å²) < 4.78 is 5.69. The lowest BCUT2D eigenvalue weighted by Crippen LogP contribution is -2.23. The number of methoxy groups -OCH3 is 1. The van der Waals surface area contributed by atoms with Crippen molar-refractivity contribution in [2.45, 2.75) is 45.1 Å². The monoisotopic (exact) mass is 450 g/mol. The molecule has 34 heavy (non-hydrogen) atoms. The number of aromatic nitrogens is 2. The fourth-order valence-electron chi connectivity index (χ4n) is 4.67. The van der Waals surface area contributed by atoms with E-state index in [-0.39, 0.29) is 17.4 Å². The first-order valence-electron chi connectivity index (χ1n) is 11.6. The van der Waals surface area contributed by atoms with E-state index < -0.39 is 0 Å². The summed E-state index contributed by atoms with van der Waals surface area (Å²) in [5, 5.41) is 10.0. The van der Waals surface area contributed by atoms with Gasteiger partial charge in [0, 0.05) is 34.1 Å². The van der Waals surface area contributed by atoms with Crippen molar-refractivity contribution in [2.75, 3.05) is 7.11 Å². The van der Waals surface area contributed by atoms with Crippen molar-refractivity contribution in [3.63, 3.8) is 0 Å². The van der Waals surface area contributed by atoms with Gasteiger partial charge in [0.1, 0.15) is 5.75 Å². The summed E-state index contributed by atoms with van der Waals surface area (Å²) in [5.41, 5.74) is 8.05. The zero-order valence-electron chi connectivity index (χ0n) is 20.4. The van der Waals surface area contributed by atoms with E-state index in [2.05, 4.69) is 76.2 Å². The van der Waals surface area contributed by atoms with Crippen molar-refractivity contribution in [3.8, 4) is 28.3 Å². The first-order valence-corrected chi connectivity index (χ1v) is 11.6. The minimum Gasteiger partial charge on any atom is -0.497 e. The van der Waals surface area contributed by atoms with Gasteiger partial charge < -0.3 is 9.84 Å². The molecule has 172 valence electrons. The van der Waals surface area contributed by atoms with Crippen LogP contribution < -0.4 is 4.74 Å². The van der Waals surface area contributed by atoms with Gasteiger partial charge in [-0.3, -0.25) is 9.97 Å². The maximum Gasteiger partial charge on any atom is 0.122 e. The maximum absolute atomic E-state index is 10.0. The van der Waals surface area contributed by atoms with Gasteiger partial charge >= 0.3 is 0 Å². The van der Waals surface area contributed by atoms with Crippen LogP contribution in [0, 0.1) is 0 Å². The summed E-state index contributed by atoms with van der Waals surface area (Å²) in [7, 11) is 1.70. The zero-order chi connectivity index (χ0) is 24.1. The third-order valence-corrected chi connectivity index (χ3v) is 7.14. The van der Waals surface area contributed by atoms with Crippen LogP contribution in [-0.4, -0.2) is 22.2 Å². The van der Waals surface area contributed by atoms with Crippen LogP contribution in [0.2, 0.25) is 0 Å². The summed E-state index contributed by atoms with van der Waals surface area (Å²) in [6.45, 7) is 8.70.